The second kappa shape index (κ2) is 5.67. The van der Waals surface area contributed by atoms with Gasteiger partial charge in [0.05, 0.1) is 0 Å². The molecule has 19 heavy (non-hydrogen) atoms. The summed E-state index contributed by atoms with van der Waals surface area (Å²) in [7, 11) is 0. The van der Waals surface area contributed by atoms with E-state index in [0.717, 1.165) is 12.8 Å². The molecule has 0 aromatic carbocycles. The molecule has 0 aromatic rings. The molecule has 0 radical (unpaired) electrons. The first kappa shape index (κ1) is 16.2. The Morgan fingerprint density at radius 1 is 1.21 bits per heavy atom. The SMILES string of the molecule is CC[C@H](N)C1([C@@H](N)CC)CN(C(=O)OC(C)(C)C)C1. The van der Waals surface area contributed by atoms with Crippen LogP contribution in [0.1, 0.15) is 47.5 Å². The molecule has 0 unspecified atom stereocenters. The average Bonchev–Trinajstić information content (AvgIpc) is 2.24. The summed E-state index contributed by atoms with van der Waals surface area (Å²) in [5, 5.41) is 0. The molecule has 4 N–H and O–H groups in total. The monoisotopic (exact) mass is 271 g/mol. The molecule has 0 aliphatic carbocycles. The lowest BCUT2D eigenvalue weighted by Crippen LogP contribution is -2.72. The third-order valence-electron chi connectivity index (χ3n) is 3.98. The van der Waals surface area contributed by atoms with Crippen LogP contribution in [0.4, 0.5) is 4.79 Å². The van der Waals surface area contributed by atoms with Crippen molar-refractivity contribution in [3.8, 4) is 0 Å². The Labute approximate surface area is 116 Å². The highest BCUT2D eigenvalue weighted by Crippen LogP contribution is 2.38. The van der Waals surface area contributed by atoms with E-state index in [9.17, 15) is 4.79 Å². The molecule has 1 aliphatic heterocycles. The van der Waals surface area contributed by atoms with Crippen molar-refractivity contribution in [2.24, 2.45) is 16.9 Å². The van der Waals surface area contributed by atoms with Gasteiger partial charge in [-0.1, -0.05) is 13.8 Å². The topological polar surface area (TPSA) is 81.6 Å². The lowest BCUT2D eigenvalue weighted by molar-refractivity contribution is -0.0567. The van der Waals surface area contributed by atoms with Crippen molar-refractivity contribution in [2.45, 2.75) is 65.1 Å². The number of rotatable bonds is 4. The maximum absolute atomic E-state index is 12.0. The fourth-order valence-corrected chi connectivity index (χ4v) is 2.68. The summed E-state index contributed by atoms with van der Waals surface area (Å²) in [6, 6.07) is 0.0577. The van der Waals surface area contributed by atoms with E-state index in [2.05, 4.69) is 13.8 Å². The molecule has 5 nitrogen and oxygen atoms in total. The summed E-state index contributed by atoms with van der Waals surface area (Å²) in [4.78, 5) is 13.7. The predicted molar refractivity (Wildman–Crippen MR) is 76.8 cm³/mol. The first-order valence-electron chi connectivity index (χ1n) is 7.15. The molecule has 2 atom stereocenters. The first-order valence-corrected chi connectivity index (χ1v) is 7.15. The summed E-state index contributed by atoms with van der Waals surface area (Å²) in [6.07, 6.45) is 1.47. The van der Waals surface area contributed by atoms with Gasteiger partial charge in [0.1, 0.15) is 5.60 Å². The zero-order valence-electron chi connectivity index (χ0n) is 12.9. The molecule has 1 aliphatic rings. The van der Waals surface area contributed by atoms with Crippen LogP contribution in [0.5, 0.6) is 0 Å². The van der Waals surface area contributed by atoms with Crippen LogP contribution >= 0.6 is 0 Å². The predicted octanol–water partition coefficient (Wildman–Crippen LogP) is 1.70. The van der Waals surface area contributed by atoms with Gasteiger partial charge in [0, 0.05) is 30.6 Å². The number of hydrogen-bond donors (Lipinski definition) is 2. The molecular weight excluding hydrogens is 242 g/mol. The van der Waals surface area contributed by atoms with Gasteiger partial charge in [0.2, 0.25) is 0 Å². The minimum Gasteiger partial charge on any atom is -0.444 e. The van der Waals surface area contributed by atoms with Crippen LogP contribution < -0.4 is 11.5 Å². The van der Waals surface area contributed by atoms with Gasteiger partial charge in [-0.2, -0.15) is 0 Å². The van der Waals surface area contributed by atoms with Crippen LogP contribution in [0.2, 0.25) is 0 Å². The maximum atomic E-state index is 12.0. The number of likely N-dealkylation sites (tertiary alicyclic amines) is 1. The minimum absolute atomic E-state index is 0.0288. The number of carbonyl (C=O) groups excluding carboxylic acids is 1. The summed E-state index contributed by atoms with van der Waals surface area (Å²) in [6.45, 7) is 10.9. The Morgan fingerprint density at radius 2 is 1.63 bits per heavy atom. The van der Waals surface area contributed by atoms with Crippen LogP contribution in [-0.2, 0) is 4.74 Å². The molecule has 0 saturated carbocycles. The van der Waals surface area contributed by atoms with Gasteiger partial charge < -0.3 is 21.1 Å². The molecule has 1 amide bonds. The fourth-order valence-electron chi connectivity index (χ4n) is 2.68. The third-order valence-corrected chi connectivity index (χ3v) is 3.98. The summed E-state index contributed by atoms with van der Waals surface area (Å²) in [5.74, 6) is 0. The van der Waals surface area contributed by atoms with Gasteiger partial charge in [-0.05, 0) is 33.6 Å². The molecule has 0 bridgehead atoms. The summed E-state index contributed by atoms with van der Waals surface area (Å²) in [5.41, 5.74) is 11.8. The smallest absolute Gasteiger partial charge is 0.410 e. The first-order chi connectivity index (χ1) is 8.66. The molecule has 0 aromatic heterocycles. The van der Waals surface area contributed by atoms with E-state index in [1.807, 2.05) is 20.8 Å². The lowest BCUT2D eigenvalue weighted by Gasteiger charge is -2.55. The average molecular weight is 271 g/mol. The van der Waals surface area contributed by atoms with Crippen molar-refractivity contribution in [1.82, 2.24) is 4.90 Å². The van der Waals surface area contributed by atoms with E-state index in [1.165, 1.54) is 0 Å². The highest BCUT2D eigenvalue weighted by Gasteiger charge is 2.52. The molecule has 0 spiro atoms. The number of carbonyl (C=O) groups is 1. The summed E-state index contributed by atoms with van der Waals surface area (Å²) >= 11 is 0. The number of amides is 1. The second-order valence-electron chi connectivity index (χ2n) is 6.60. The second-order valence-corrected chi connectivity index (χ2v) is 6.60. The van der Waals surface area contributed by atoms with Crippen molar-refractivity contribution in [3.05, 3.63) is 0 Å². The number of ether oxygens (including phenoxy) is 1. The van der Waals surface area contributed by atoms with E-state index in [1.54, 1.807) is 4.90 Å². The summed E-state index contributed by atoms with van der Waals surface area (Å²) < 4.78 is 5.37. The Bertz CT molecular complexity index is 307. The lowest BCUT2D eigenvalue weighted by atomic mass is 9.67. The molecule has 1 heterocycles. The van der Waals surface area contributed by atoms with Crippen molar-refractivity contribution < 1.29 is 9.53 Å². The van der Waals surface area contributed by atoms with Gasteiger partial charge in [-0.3, -0.25) is 0 Å². The largest absolute Gasteiger partial charge is 0.444 e. The minimum atomic E-state index is -0.463. The van der Waals surface area contributed by atoms with Crippen LogP contribution in [-0.4, -0.2) is 41.8 Å². The Morgan fingerprint density at radius 3 is 1.95 bits per heavy atom. The maximum Gasteiger partial charge on any atom is 0.410 e. The van der Waals surface area contributed by atoms with Crippen molar-refractivity contribution in [1.29, 1.82) is 0 Å². The standard InChI is InChI=1S/C14H29N3O2/c1-6-10(15)14(11(16)7-2)8-17(9-14)12(18)19-13(3,4)5/h10-11H,6-9,15-16H2,1-5H3/t10-,11-/m0/s1. The van der Waals surface area contributed by atoms with Crippen LogP contribution in [0.3, 0.4) is 0 Å². The van der Waals surface area contributed by atoms with Crippen LogP contribution in [0.25, 0.3) is 0 Å². The van der Waals surface area contributed by atoms with Gasteiger partial charge in [-0.15, -0.1) is 0 Å². The van der Waals surface area contributed by atoms with E-state index in [4.69, 9.17) is 16.2 Å². The Balaban J connectivity index is 2.67. The van der Waals surface area contributed by atoms with Gasteiger partial charge in [0.25, 0.3) is 0 Å². The third kappa shape index (κ3) is 3.39. The zero-order chi connectivity index (χ0) is 14.8. The van der Waals surface area contributed by atoms with Crippen molar-refractivity contribution in [2.75, 3.05) is 13.1 Å². The van der Waals surface area contributed by atoms with E-state index in [-0.39, 0.29) is 23.6 Å². The quantitative estimate of drug-likeness (QED) is 0.815. The number of nitrogens with zero attached hydrogens (tertiary/aromatic N) is 1. The molecular formula is C14H29N3O2. The van der Waals surface area contributed by atoms with E-state index < -0.39 is 5.60 Å². The van der Waals surface area contributed by atoms with Crippen LogP contribution in [0.15, 0.2) is 0 Å². The Hall–Kier alpha value is -0.810. The van der Waals surface area contributed by atoms with Gasteiger partial charge >= 0.3 is 6.09 Å². The molecule has 1 rings (SSSR count). The van der Waals surface area contributed by atoms with Crippen LogP contribution in [0, 0.1) is 5.41 Å². The van der Waals surface area contributed by atoms with Crippen molar-refractivity contribution >= 4 is 6.09 Å². The normalized spacial score (nSPS) is 21.5. The zero-order valence-corrected chi connectivity index (χ0v) is 12.9. The van der Waals surface area contributed by atoms with Gasteiger partial charge in [0.15, 0.2) is 0 Å². The molecule has 1 saturated heterocycles. The molecule has 5 heteroatoms. The number of nitrogens with two attached hydrogens (primary N) is 2. The van der Waals surface area contributed by atoms with E-state index >= 15 is 0 Å². The van der Waals surface area contributed by atoms with E-state index in [0.29, 0.717) is 13.1 Å². The van der Waals surface area contributed by atoms with Crippen molar-refractivity contribution in [3.63, 3.8) is 0 Å². The molecule has 1 fully saturated rings. The highest BCUT2D eigenvalue weighted by atomic mass is 16.6. The highest BCUT2D eigenvalue weighted by molar-refractivity contribution is 5.69. The molecule has 112 valence electrons. The number of hydrogen-bond acceptors (Lipinski definition) is 4. The Kier molecular flexibility index (Phi) is 4.85. The van der Waals surface area contributed by atoms with Gasteiger partial charge in [-0.25, -0.2) is 4.79 Å². The fraction of sp³-hybridized carbons (Fsp3) is 0.929.